The molecule has 2 aliphatic rings. The summed E-state index contributed by atoms with van der Waals surface area (Å²) in [6.45, 7) is 3.13. The van der Waals surface area contributed by atoms with Crippen LogP contribution in [0.1, 0.15) is 31.0 Å². The van der Waals surface area contributed by atoms with Crippen LogP contribution >= 0.6 is 11.8 Å². The Bertz CT molecular complexity index is 1400. The molecule has 41 heavy (non-hydrogen) atoms. The number of amides is 6. The first-order valence-corrected chi connectivity index (χ1v) is 13.4. The molecule has 0 radical (unpaired) electrons. The Morgan fingerprint density at radius 2 is 1.66 bits per heavy atom. The first kappa shape index (κ1) is 29.3. The van der Waals surface area contributed by atoms with Crippen LogP contribution < -0.4 is 16.0 Å². The average Bonchev–Trinajstić information content (AvgIpc) is 3.17. The fourth-order valence-corrected chi connectivity index (χ4v) is 6.54. The van der Waals surface area contributed by atoms with E-state index in [9.17, 15) is 33.9 Å². The summed E-state index contributed by atoms with van der Waals surface area (Å²) in [6, 6.07) is 13.8. The predicted molar refractivity (Wildman–Crippen MR) is 150 cm³/mol. The number of likely N-dealkylation sites (N-methyl/N-ethyl adjacent to an activating group) is 1. The maximum atomic E-state index is 13.8. The van der Waals surface area contributed by atoms with Gasteiger partial charge >= 0.3 is 12.0 Å². The van der Waals surface area contributed by atoms with E-state index in [1.54, 1.807) is 68.4 Å². The van der Waals surface area contributed by atoms with Gasteiger partial charge in [-0.25, -0.2) is 9.59 Å². The number of imide groups is 1. The molecule has 1 unspecified atom stereocenters. The van der Waals surface area contributed by atoms with Gasteiger partial charge in [0.25, 0.3) is 11.8 Å². The number of carbonyl (C=O) groups is 6. The van der Waals surface area contributed by atoms with Crippen LogP contribution in [0, 0.1) is 0 Å². The Morgan fingerprint density at radius 3 is 2.24 bits per heavy atom. The van der Waals surface area contributed by atoms with Gasteiger partial charge in [0.2, 0.25) is 18.0 Å². The monoisotopic (exact) mass is 579 g/mol. The van der Waals surface area contributed by atoms with Crippen molar-refractivity contribution in [3.8, 4) is 0 Å². The largest absolute Gasteiger partial charge is 0.478 e. The highest BCUT2D eigenvalue weighted by atomic mass is 32.2. The molecule has 2 aliphatic heterocycles. The highest BCUT2D eigenvalue weighted by Gasteiger charge is 2.74. The molecule has 2 heterocycles. The van der Waals surface area contributed by atoms with E-state index < -0.39 is 57.6 Å². The van der Waals surface area contributed by atoms with Gasteiger partial charge in [-0.2, -0.15) is 0 Å². The molecule has 4 N–H and O–H groups in total. The summed E-state index contributed by atoms with van der Waals surface area (Å²) in [7, 11) is 1.24. The second kappa shape index (κ2) is 11.5. The third-order valence-corrected chi connectivity index (χ3v) is 8.68. The minimum Gasteiger partial charge on any atom is -0.478 e. The summed E-state index contributed by atoms with van der Waals surface area (Å²) < 4.78 is -1.24. The second-order valence-electron chi connectivity index (χ2n) is 9.93. The Balaban J connectivity index is 1.60. The van der Waals surface area contributed by atoms with Crippen LogP contribution in [-0.2, 0) is 24.0 Å². The van der Waals surface area contributed by atoms with Crippen LogP contribution in [-0.4, -0.2) is 79.9 Å². The van der Waals surface area contributed by atoms with Crippen molar-refractivity contribution in [3.05, 3.63) is 77.9 Å². The molecular weight excluding hydrogens is 550 g/mol. The highest BCUT2D eigenvalue weighted by molar-refractivity contribution is 8.01. The average molecular weight is 580 g/mol. The van der Waals surface area contributed by atoms with E-state index in [2.05, 4.69) is 16.0 Å². The minimum atomic E-state index is -2.20. The van der Waals surface area contributed by atoms with Crippen molar-refractivity contribution >= 4 is 54.0 Å². The van der Waals surface area contributed by atoms with E-state index >= 15 is 0 Å². The van der Waals surface area contributed by atoms with Gasteiger partial charge in [-0.05, 0) is 31.1 Å². The van der Waals surface area contributed by atoms with Crippen LogP contribution in [0.15, 0.2) is 66.7 Å². The third-order valence-electron chi connectivity index (χ3n) is 7.07. The van der Waals surface area contributed by atoms with Crippen molar-refractivity contribution in [3.63, 3.8) is 0 Å². The molecule has 2 saturated heterocycles. The summed E-state index contributed by atoms with van der Waals surface area (Å²) in [5, 5.41) is 17.1. The van der Waals surface area contributed by atoms with Gasteiger partial charge in [-0.1, -0.05) is 60.7 Å². The highest BCUT2D eigenvalue weighted by Crippen LogP contribution is 2.55. The van der Waals surface area contributed by atoms with Crippen LogP contribution in [0.5, 0.6) is 0 Å². The molecule has 2 aromatic carbocycles. The van der Waals surface area contributed by atoms with Crippen molar-refractivity contribution in [2.45, 2.75) is 41.7 Å². The number of benzene rings is 2. The molecule has 2 aromatic rings. The van der Waals surface area contributed by atoms with Gasteiger partial charge < -0.3 is 21.1 Å². The molecule has 0 bridgehead atoms. The summed E-state index contributed by atoms with van der Waals surface area (Å²) in [5.41, 5.74) is -1.14. The van der Waals surface area contributed by atoms with E-state index in [0.717, 1.165) is 27.1 Å². The predicted octanol–water partition coefficient (Wildman–Crippen LogP) is 1.31. The van der Waals surface area contributed by atoms with Crippen molar-refractivity contribution in [1.29, 1.82) is 0 Å². The second-order valence-corrected chi connectivity index (χ2v) is 11.7. The number of hydrogen-bond donors (Lipinski definition) is 4. The van der Waals surface area contributed by atoms with E-state index in [4.69, 9.17) is 0 Å². The molecule has 0 spiro atoms. The zero-order valence-corrected chi connectivity index (χ0v) is 23.3. The van der Waals surface area contributed by atoms with Gasteiger partial charge in [-0.3, -0.25) is 29.0 Å². The lowest BCUT2D eigenvalue weighted by Gasteiger charge is -2.49. The molecule has 0 saturated carbocycles. The Hall–Kier alpha value is -4.65. The molecule has 4 atom stereocenters. The van der Waals surface area contributed by atoms with Crippen molar-refractivity contribution < 1.29 is 33.9 Å². The summed E-state index contributed by atoms with van der Waals surface area (Å²) in [6.07, 6.45) is 3.11. The van der Waals surface area contributed by atoms with Crippen molar-refractivity contribution in [2.24, 2.45) is 0 Å². The van der Waals surface area contributed by atoms with Gasteiger partial charge in [0, 0.05) is 13.1 Å². The molecule has 214 valence electrons. The molecule has 12 nitrogen and oxygen atoms in total. The number of fused-ring (bicyclic) bond motifs is 1. The van der Waals surface area contributed by atoms with Crippen molar-refractivity contribution in [1.82, 2.24) is 25.8 Å². The van der Waals surface area contributed by atoms with Crippen LogP contribution in [0.3, 0.4) is 0 Å². The van der Waals surface area contributed by atoms with E-state index in [0.29, 0.717) is 12.0 Å². The zero-order valence-electron chi connectivity index (χ0n) is 22.4. The minimum absolute atomic E-state index is 0.315. The number of nitrogens with zero attached hydrogens (tertiary/aromatic N) is 2. The van der Waals surface area contributed by atoms with Gasteiger partial charge in [0.05, 0.1) is 4.75 Å². The standard InChI is InChI=1S/C28H29N5O7S/c1-27(2)28(25(38)39,33-23(37)21(29-16-34)24(33)41-27)31-22(36)20(18-12-8-5-9-13-18)30-26(40)32(3)19(35)15-14-17-10-6-4-7-11-17/h4-16,20-21,24H,1-3H3,(H,29,34)(H,30,40)(H,31,36)(H,38,39)/t20?,21-,24-,28+/m1/s1. The molecule has 13 heteroatoms. The summed E-state index contributed by atoms with van der Waals surface area (Å²) in [4.78, 5) is 78.1. The number of nitrogens with one attached hydrogen (secondary N) is 3. The number of hydrogen-bond acceptors (Lipinski definition) is 7. The first-order chi connectivity index (χ1) is 19.4. The number of urea groups is 1. The molecule has 6 amide bonds. The van der Waals surface area contributed by atoms with Crippen LogP contribution in [0.2, 0.25) is 0 Å². The normalized spacial score (nSPS) is 23.1. The van der Waals surface area contributed by atoms with Gasteiger partial charge in [-0.15, -0.1) is 11.8 Å². The maximum absolute atomic E-state index is 13.8. The quantitative estimate of drug-likeness (QED) is 0.196. The topological polar surface area (TPSA) is 165 Å². The number of aliphatic carboxylic acids is 1. The molecule has 2 fully saturated rings. The van der Waals surface area contributed by atoms with Crippen LogP contribution in [0.4, 0.5) is 4.79 Å². The Morgan fingerprint density at radius 1 is 1.05 bits per heavy atom. The molecule has 4 rings (SSSR count). The van der Waals surface area contributed by atoms with E-state index in [1.807, 2.05) is 6.07 Å². The van der Waals surface area contributed by atoms with E-state index in [-0.39, 0.29) is 0 Å². The zero-order chi connectivity index (χ0) is 29.9. The fraction of sp³-hybridized carbons (Fsp3) is 0.286. The number of carboxylic acid groups (broad SMARTS) is 1. The molecule has 0 aromatic heterocycles. The van der Waals surface area contributed by atoms with E-state index in [1.165, 1.54) is 19.2 Å². The van der Waals surface area contributed by atoms with Crippen LogP contribution in [0.25, 0.3) is 6.08 Å². The lowest BCUT2D eigenvalue weighted by molar-refractivity contribution is -0.176. The van der Waals surface area contributed by atoms with Crippen molar-refractivity contribution in [2.75, 3.05) is 7.05 Å². The van der Waals surface area contributed by atoms with Gasteiger partial charge in [0.15, 0.2) is 0 Å². The Kier molecular flexibility index (Phi) is 8.19. The maximum Gasteiger partial charge on any atom is 0.352 e. The SMILES string of the molecule is CN(C(=O)C=Cc1ccccc1)C(=O)NC(C(=O)N[C@@]1(C(=O)O)N2C(=O)[C@@H](NC=O)[C@H]2SC1(C)C)c1ccccc1. The smallest absolute Gasteiger partial charge is 0.352 e. The molecule has 0 aliphatic carbocycles. The summed E-state index contributed by atoms with van der Waals surface area (Å²) in [5.74, 6) is -3.72. The fourth-order valence-electron chi connectivity index (χ4n) is 4.83. The summed E-state index contributed by atoms with van der Waals surface area (Å²) >= 11 is 1.12. The van der Waals surface area contributed by atoms with Gasteiger partial charge in [0.1, 0.15) is 17.5 Å². The molecular formula is C28H29N5O7S. The number of carbonyl (C=O) groups excluding carboxylic acids is 5. The number of thioether (sulfide) groups is 1. The number of carboxylic acids is 1. The lowest BCUT2D eigenvalue weighted by atomic mass is 9.88. The number of β-lactam (4-membered cyclic amide) rings is 1. The first-order valence-electron chi connectivity index (χ1n) is 12.6. The number of rotatable bonds is 9. The third kappa shape index (κ3) is 5.27. The lowest BCUT2D eigenvalue weighted by Crippen LogP contribution is -2.80. The Labute approximate surface area is 240 Å².